The van der Waals surface area contributed by atoms with Crippen LogP contribution in [0.25, 0.3) is 21.3 Å². The molecule has 1 aliphatic heterocycles. The molecule has 0 bridgehead atoms. The molecule has 0 radical (unpaired) electrons. The normalized spacial score (nSPS) is 15.4. The fourth-order valence-corrected chi connectivity index (χ4v) is 6.38. The van der Waals surface area contributed by atoms with Gasteiger partial charge in [0.1, 0.15) is 12.4 Å². The van der Waals surface area contributed by atoms with E-state index >= 15 is 0 Å². The molecule has 3 aromatic carbocycles. The Morgan fingerprint density at radius 2 is 1.80 bits per heavy atom. The number of urea groups is 1. The number of nitrogens with zero attached hydrogens (tertiary/aromatic N) is 3. The van der Waals surface area contributed by atoms with Crippen LogP contribution in [0.3, 0.4) is 0 Å². The summed E-state index contributed by atoms with van der Waals surface area (Å²) >= 11 is 1.66. The maximum Gasteiger partial charge on any atom is 0.321 e. The highest BCUT2D eigenvalue weighted by molar-refractivity contribution is 7.18. The number of carbonyl (C=O) groups excluding carboxylic acids is 2. The summed E-state index contributed by atoms with van der Waals surface area (Å²) in [6.07, 6.45) is 0.892. The summed E-state index contributed by atoms with van der Waals surface area (Å²) in [6.45, 7) is 7.03. The molecular formula is C31H33N5O3S. The van der Waals surface area contributed by atoms with E-state index in [2.05, 4.69) is 56.9 Å². The van der Waals surface area contributed by atoms with Crippen molar-refractivity contribution in [2.75, 3.05) is 44.6 Å². The van der Waals surface area contributed by atoms with Gasteiger partial charge in [0.05, 0.1) is 21.3 Å². The Morgan fingerprint density at radius 1 is 1.00 bits per heavy atom. The molecule has 3 amide bonds. The van der Waals surface area contributed by atoms with Gasteiger partial charge in [-0.3, -0.25) is 9.69 Å². The Hall–Kier alpha value is -3.95. The second kappa shape index (κ2) is 11.3. The van der Waals surface area contributed by atoms with Gasteiger partial charge in [0, 0.05) is 51.4 Å². The van der Waals surface area contributed by atoms with Crippen LogP contribution < -0.4 is 15.4 Å². The van der Waals surface area contributed by atoms with E-state index in [0.29, 0.717) is 39.3 Å². The molecule has 1 fully saturated rings. The fraction of sp³-hybridized carbons (Fsp3) is 0.323. The van der Waals surface area contributed by atoms with Crippen molar-refractivity contribution in [2.45, 2.75) is 26.3 Å². The van der Waals surface area contributed by atoms with E-state index in [4.69, 9.17) is 4.74 Å². The van der Waals surface area contributed by atoms with Crippen LogP contribution in [0.5, 0.6) is 5.75 Å². The minimum absolute atomic E-state index is 0.0136. The highest BCUT2D eigenvalue weighted by atomic mass is 32.1. The van der Waals surface area contributed by atoms with Gasteiger partial charge in [-0.2, -0.15) is 0 Å². The maximum atomic E-state index is 13.1. The molecule has 1 atom stereocenters. The molecule has 0 saturated carbocycles. The summed E-state index contributed by atoms with van der Waals surface area (Å²) in [7, 11) is 0. The number of carbonyl (C=O) groups is 2. The van der Waals surface area contributed by atoms with Crippen LogP contribution in [0, 0.1) is 6.92 Å². The number of piperazine rings is 1. The van der Waals surface area contributed by atoms with Crippen molar-refractivity contribution in [1.29, 1.82) is 0 Å². The molecule has 8 nitrogen and oxygen atoms in total. The Bertz CT molecular complexity index is 1560. The molecule has 1 aromatic heterocycles. The van der Waals surface area contributed by atoms with Gasteiger partial charge in [0.2, 0.25) is 5.91 Å². The van der Waals surface area contributed by atoms with Gasteiger partial charge in [-0.05, 0) is 59.9 Å². The highest BCUT2D eigenvalue weighted by Gasteiger charge is 2.27. The standard InChI is InChI=1S/C31H33N5O3S/c1-20(37)32-18-25(19-39-26-8-10-30-29(17-26)33-21(2)40-30)35-11-13-36(14-12-35)31(38)34-24-7-9-28-23(16-24)15-22-5-3-4-6-27(22)28/h3-10,16-17,25H,11-15,18-19H2,1-2H3,(H,32,37)(H,34,38). The monoisotopic (exact) mass is 555 g/mol. The lowest BCUT2D eigenvalue weighted by Gasteiger charge is -2.39. The van der Waals surface area contributed by atoms with Crippen molar-refractivity contribution >= 4 is 39.2 Å². The minimum Gasteiger partial charge on any atom is -0.492 e. The van der Waals surface area contributed by atoms with Gasteiger partial charge in [-0.1, -0.05) is 30.3 Å². The zero-order valence-electron chi connectivity index (χ0n) is 22.8. The van der Waals surface area contributed by atoms with Gasteiger partial charge < -0.3 is 20.3 Å². The zero-order chi connectivity index (χ0) is 27.6. The molecule has 0 spiro atoms. The topological polar surface area (TPSA) is 86.8 Å². The van der Waals surface area contributed by atoms with Crippen LogP contribution in [0.15, 0.2) is 60.7 Å². The average molecular weight is 556 g/mol. The van der Waals surface area contributed by atoms with Crippen molar-refractivity contribution in [2.24, 2.45) is 0 Å². The summed E-state index contributed by atoms with van der Waals surface area (Å²) in [4.78, 5) is 33.5. The van der Waals surface area contributed by atoms with Gasteiger partial charge in [0.15, 0.2) is 0 Å². The number of rotatable bonds is 7. The molecule has 4 aromatic rings. The van der Waals surface area contributed by atoms with Crippen LogP contribution in [0.4, 0.5) is 10.5 Å². The molecule has 2 heterocycles. The molecule has 1 saturated heterocycles. The first-order chi connectivity index (χ1) is 19.4. The Balaban J connectivity index is 1.05. The number of anilines is 1. The van der Waals surface area contributed by atoms with Gasteiger partial charge >= 0.3 is 6.03 Å². The number of hydrogen-bond acceptors (Lipinski definition) is 6. The molecule has 2 N–H and O–H groups in total. The highest BCUT2D eigenvalue weighted by Crippen LogP contribution is 2.37. The zero-order valence-corrected chi connectivity index (χ0v) is 23.6. The number of nitrogens with one attached hydrogen (secondary N) is 2. The number of aromatic nitrogens is 1. The first kappa shape index (κ1) is 26.3. The summed E-state index contributed by atoms with van der Waals surface area (Å²) < 4.78 is 7.30. The van der Waals surface area contributed by atoms with Gasteiger partial charge in [0.25, 0.3) is 0 Å². The largest absolute Gasteiger partial charge is 0.492 e. The molecule has 40 heavy (non-hydrogen) atoms. The van der Waals surface area contributed by atoms with E-state index in [1.54, 1.807) is 11.3 Å². The van der Waals surface area contributed by atoms with E-state index in [0.717, 1.165) is 33.1 Å². The Morgan fingerprint density at radius 3 is 2.62 bits per heavy atom. The van der Waals surface area contributed by atoms with Gasteiger partial charge in [-0.15, -0.1) is 11.3 Å². The molecule has 9 heteroatoms. The smallest absolute Gasteiger partial charge is 0.321 e. The van der Waals surface area contributed by atoms with E-state index in [9.17, 15) is 9.59 Å². The third-order valence-corrected chi connectivity index (χ3v) is 8.61. The summed E-state index contributed by atoms with van der Waals surface area (Å²) in [6, 6.07) is 20.5. The predicted octanol–water partition coefficient (Wildman–Crippen LogP) is 4.91. The minimum atomic E-state index is -0.0865. The van der Waals surface area contributed by atoms with E-state index in [1.807, 2.05) is 36.1 Å². The Kier molecular flexibility index (Phi) is 7.40. The second-order valence-corrected chi connectivity index (χ2v) is 11.7. The summed E-state index contributed by atoms with van der Waals surface area (Å²) in [5.74, 6) is 0.695. The number of amides is 3. The number of ether oxygens (including phenoxy) is 1. The maximum absolute atomic E-state index is 13.1. The van der Waals surface area contributed by atoms with E-state index in [1.165, 1.54) is 29.2 Å². The summed E-state index contributed by atoms with van der Waals surface area (Å²) in [5.41, 5.74) is 6.86. The first-order valence-electron chi connectivity index (χ1n) is 13.7. The Labute approximate surface area is 238 Å². The van der Waals surface area contributed by atoms with Crippen LogP contribution in [0.2, 0.25) is 0 Å². The molecule has 2 aliphatic rings. The lowest BCUT2D eigenvalue weighted by atomic mass is 10.1. The van der Waals surface area contributed by atoms with Crippen LogP contribution in [-0.2, 0) is 11.2 Å². The van der Waals surface area contributed by atoms with Crippen molar-refractivity contribution < 1.29 is 14.3 Å². The van der Waals surface area contributed by atoms with Crippen LogP contribution in [-0.4, -0.2) is 72.1 Å². The molecule has 206 valence electrons. The van der Waals surface area contributed by atoms with Crippen molar-refractivity contribution in [3.05, 3.63) is 76.8 Å². The molecular weight excluding hydrogens is 522 g/mol. The van der Waals surface area contributed by atoms with Crippen molar-refractivity contribution in [3.8, 4) is 16.9 Å². The number of thiazole rings is 1. The third-order valence-electron chi connectivity index (χ3n) is 7.66. The number of benzene rings is 3. The number of fused-ring (bicyclic) bond motifs is 4. The summed E-state index contributed by atoms with van der Waals surface area (Å²) in [5, 5.41) is 7.07. The lowest BCUT2D eigenvalue weighted by molar-refractivity contribution is -0.119. The van der Waals surface area contributed by atoms with Crippen LogP contribution in [0.1, 0.15) is 23.1 Å². The van der Waals surface area contributed by atoms with E-state index in [-0.39, 0.29) is 18.0 Å². The lowest BCUT2D eigenvalue weighted by Crippen LogP contribution is -2.56. The van der Waals surface area contributed by atoms with E-state index < -0.39 is 0 Å². The number of hydrogen-bond donors (Lipinski definition) is 2. The molecule has 1 unspecified atom stereocenters. The number of aryl methyl sites for hydroxylation is 1. The second-order valence-electron chi connectivity index (χ2n) is 10.4. The first-order valence-corrected chi connectivity index (χ1v) is 14.5. The SMILES string of the molecule is CC(=O)NCC(COc1ccc2sc(C)nc2c1)N1CCN(C(=O)Nc2ccc3c(c2)Cc2ccccc2-3)CC1. The quantitative estimate of drug-likeness (QED) is 0.298. The molecule has 1 aliphatic carbocycles. The molecule has 6 rings (SSSR count). The van der Waals surface area contributed by atoms with Gasteiger partial charge in [-0.25, -0.2) is 9.78 Å². The third kappa shape index (κ3) is 5.66. The predicted molar refractivity (Wildman–Crippen MR) is 159 cm³/mol. The van der Waals surface area contributed by atoms with Crippen molar-refractivity contribution in [1.82, 2.24) is 20.1 Å². The average Bonchev–Trinajstić information content (AvgIpc) is 3.51. The van der Waals surface area contributed by atoms with Crippen LogP contribution >= 0.6 is 11.3 Å². The van der Waals surface area contributed by atoms with Crippen molar-refractivity contribution in [3.63, 3.8) is 0 Å². The fourth-order valence-electron chi connectivity index (χ4n) is 5.58.